The van der Waals surface area contributed by atoms with E-state index in [9.17, 15) is 0 Å². The zero-order valence-electron chi connectivity index (χ0n) is 9.95. The quantitative estimate of drug-likeness (QED) is 0.504. The van der Waals surface area contributed by atoms with E-state index in [1.807, 2.05) is 60.7 Å². The van der Waals surface area contributed by atoms with E-state index < -0.39 is 5.06 Å². The molecule has 18 heavy (non-hydrogen) atoms. The molecule has 0 saturated heterocycles. The van der Waals surface area contributed by atoms with Gasteiger partial charge in [0.15, 0.2) is 0 Å². The van der Waals surface area contributed by atoms with Gasteiger partial charge in [0.2, 0.25) is 5.06 Å². The van der Waals surface area contributed by atoms with E-state index in [0.29, 0.717) is 0 Å². The fraction of sp³-hybridized carbons (Fsp3) is 0.0667. The van der Waals surface area contributed by atoms with Crippen LogP contribution in [0.5, 0.6) is 5.75 Å². The van der Waals surface area contributed by atoms with E-state index in [-0.39, 0.29) is 0 Å². The monoisotopic (exact) mass is 257 g/mol. The molecule has 0 aliphatic carbocycles. The minimum atomic E-state index is -0.970. The molecule has 92 valence electrons. The molecule has 2 aromatic rings. The van der Waals surface area contributed by atoms with Crippen LogP contribution in [0.3, 0.4) is 0 Å². The predicted molar refractivity (Wildman–Crippen MR) is 76.5 cm³/mol. The molecule has 1 atom stereocenters. The molecule has 0 spiro atoms. The van der Waals surface area contributed by atoms with Crippen molar-refractivity contribution in [2.75, 3.05) is 0 Å². The van der Waals surface area contributed by atoms with Gasteiger partial charge in [-0.1, -0.05) is 54.7 Å². The van der Waals surface area contributed by atoms with Gasteiger partial charge in [-0.25, -0.2) is 0 Å². The van der Waals surface area contributed by atoms with Gasteiger partial charge in [0.1, 0.15) is 5.75 Å². The van der Waals surface area contributed by atoms with Crippen LogP contribution in [-0.4, -0.2) is 5.06 Å². The average Bonchev–Trinajstić information content (AvgIpc) is 2.41. The standard InChI is InChI=1S/C15H15NOS/c1-2-15(16,17-13-9-5-3-6-10-13)18-14-11-7-4-8-12-14/h2-12H,1,16H2. The van der Waals surface area contributed by atoms with Gasteiger partial charge < -0.3 is 4.74 Å². The first-order valence-electron chi connectivity index (χ1n) is 5.62. The Morgan fingerprint density at radius 2 is 1.56 bits per heavy atom. The minimum absolute atomic E-state index is 0.725. The highest BCUT2D eigenvalue weighted by Crippen LogP contribution is 2.31. The summed E-state index contributed by atoms with van der Waals surface area (Å²) in [5.41, 5.74) is 6.18. The molecule has 2 rings (SSSR count). The van der Waals surface area contributed by atoms with Gasteiger partial charge in [0.05, 0.1) is 0 Å². The molecule has 0 amide bonds. The summed E-state index contributed by atoms with van der Waals surface area (Å²) in [5.74, 6) is 0.725. The Hall–Kier alpha value is -1.71. The molecule has 0 bridgehead atoms. The van der Waals surface area contributed by atoms with E-state index >= 15 is 0 Å². The van der Waals surface area contributed by atoms with Gasteiger partial charge in [-0.05, 0) is 30.3 Å². The summed E-state index contributed by atoms with van der Waals surface area (Å²) in [6, 6.07) is 19.4. The topological polar surface area (TPSA) is 35.2 Å². The minimum Gasteiger partial charge on any atom is -0.460 e. The van der Waals surface area contributed by atoms with Gasteiger partial charge in [-0.15, -0.1) is 0 Å². The second kappa shape index (κ2) is 5.76. The lowest BCUT2D eigenvalue weighted by molar-refractivity contribution is 0.224. The lowest BCUT2D eigenvalue weighted by Crippen LogP contribution is -2.39. The molecular weight excluding hydrogens is 242 g/mol. The van der Waals surface area contributed by atoms with E-state index in [0.717, 1.165) is 10.6 Å². The zero-order chi connectivity index (χ0) is 12.8. The Bertz CT molecular complexity index is 457. The summed E-state index contributed by atoms with van der Waals surface area (Å²) in [5, 5.41) is -0.970. The summed E-state index contributed by atoms with van der Waals surface area (Å²) in [4.78, 5) is 1.04. The lowest BCUT2D eigenvalue weighted by Gasteiger charge is -2.26. The fourth-order valence-electron chi connectivity index (χ4n) is 1.45. The van der Waals surface area contributed by atoms with Crippen LogP contribution in [-0.2, 0) is 0 Å². The SMILES string of the molecule is C=CC(N)(Oc1ccccc1)Sc1ccccc1. The molecule has 0 aromatic heterocycles. The highest BCUT2D eigenvalue weighted by Gasteiger charge is 2.24. The van der Waals surface area contributed by atoms with Crippen molar-refractivity contribution in [3.63, 3.8) is 0 Å². The Labute approximate surface area is 111 Å². The summed E-state index contributed by atoms with van der Waals surface area (Å²) in [6.07, 6.45) is 1.61. The van der Waals surface area contributed by atoms with E-state index in [4.69, 9.17) is 10.5 Å². The third-order valence-electron chi connectivity index (χ3n) is 2.33. The van der Waals surface area contributed by atoms with E-state index in [1.165, 1.54) is 11.8 Å². The number of nitrogens with two attached hydrogens (primary N) is 1. The van der Waals surface area contributed by atoms with Gasteiger partial charge in [-0.2, -0.15) is 0 Å². The van der Waals surface area contributed by atoms with Crippen LogP contribution >= 0.6 is 11.8 Å². The summed E-state index contributed by atoms with van der Waals surface area (Å²) < 4.78 is 5.78. The summed E-state index contributed by atoms with van der Waals surface area (Å²) >= 11 is 1.42. The van der Waals surface area contributed by atoms with Crippen molar-refractivity contribution in [3.05, 3.63) is 73.3 Å². The number of ether oxygens (including phenoxy) is 1. The molecule has 0 fully saturated rings. The number of hydrogen-bond donors (Lipinski definition) is 1. The second-order valence-corrected chi connectivity index (χ2v) is 5.07. The van der Waals surface area contributed by atoms with E-state index in [1.54, 1.807) is 6.08 Å². The molecule has 2 N–H and O–H groups in total. The maximum absolute atomic E-state index is 6.18. The first-order chi connectivity index (χ1) is 8.72. The molecular formula is C15H15NOS. The van der Waals surface area contributed by atoms with Gasteiger partial charge in [0.25, 0.3) is 0 Å². The van der Waals surface area contributed by atoms with Crippen LogP contribution in [0.4, 0.5) is 0 Å². The van der Waals surface area contributed by atoms with Crippen molar-refractivity contribution in [2.24, 2.45) is 5.73 Å². The molecule has 1 unspecified atom stereocenters. The van der Waals surface area contributed by atoms with Crippen LogP contribution in [0.1, 0.15) is 0 Å². The molecule has 0 aliphatic rings. The Morgan fingerprint density at radius 1 is 1.00 bits per heavy atom. The average molecular weight is 257 g/mol. The molecule has 0 heterocycles. The number of rotatable bonds is 5. The summed E-state index contributed by atoms with van der Waals surface area (Å²) in [6.45, 7) is 3.75. The molecule has 0 aliphatic heterocycles. The number of thioether (sulfide) groups is 1. The normalized spacial score (nSPS) is 13.6. The molecule has 0 saturated carbocycles. The van der Waals surface area contributed by atoms with Crippen LogP contribution in [0.15, 0.2) is 78.2 Å². The van der Waals surface area contributed by atoms with Crippen LogP contribution in [0.25, 0.3) is 0 Å². The van der Waals surface area contributed by atoms with Crippen LogP contribution < -0.4 is 10.5 Å². The maximum atomic E-state index is 6.18. The van der Waals surface area contributed by atoms with Crippen molar-refractivity contribution in [1.29, 1.82) is 0 Å². The number of benzene rings is 2. The predicted octanol–water partition coefficient (Wildman–Crippen LogP) is 3.66. The molecule has 0 radical (unpaired) electrons. The zero-order valence-corrected chi connectivity index (χ0v) is 10.8. The Kier molecular flexibility index (Phi) is 4.07. The smallest absolute Gasteiger partial charge is 0.230 e. The molecule has 2 nitrogen and oxygen atoms in total. The number of hydrogen-bond acceptors (Lipinski definition) is 3. The Balaban J connectivity index is 2.13. The van der Waals surface area contributed by atoms with Crippen molar-refractivity contribution in [2.45, 2.75) is 9.95 Å². The van der Waals surface area contributed by atoms with Crippen molar-refractivity contribution in [1.82, 2.24) is 0 Å². The second-order valence-electron chi connectivity index (χ2n) is 3.76. The van der Waals surface area contributed by atoms with Gasteiger partial charge in [-0.3, -0.25) is 5.73 Å². The highest BCUT2D eigenvalue weighted by atomic mass is 32.2. The first-order valence-corrected chi connectivity index (χ1v) is 6.44. The highest BCUT2D eigenvalue weighted by molar-refractivity contribution is 8.00. The third kappa shape index (κ3) is 3.39. The third-order valence-corrected chi connectivity index (χ3v) is 3.40. The van der Waals surface area contributed by atoms with Crippen molar-refractivity contribution < 1.29 is 4.74 Å². The lowest BCUT2D eigenvalue weighted by atomic mass is 10.3. The van der Waals surface area contributed by atoms with E-state index in [2.05, 4.69) is 6.58 Å². The van der Waals surface area contributed by atoms with Crippen LogP contribution in [0.2, 0.25) is 0 Å². The van der Waals surface area contributed by atoms with Gasteiger partial charge in [0, 0.05) is 4.90 Å². The maximum Gasteiger partial charge on any atom is 0.230 e. The Morgan fingerprint density at radius 3 is 2.11 bits per heavy atom. The summed E-state index contributed by atoms with van der Waals surface area (Å²) in [7, 11) is 0. The number of para-hydroxylation sites is 1. The fourth-order valence-corrected chi connectivity index (χ4v) is 2.33. The van der Waals surface area contributed by atoms with Gasteiger partial charge >= 0.3 is 0 Å². The molecule has 3 heteroatoms. The first kappa shape index (κ1) is 12.7. The van der Waals surface area contributed by atoms with Crippen molar-refractivity contribution >= 4 is 11.8 Å². The largest absolute Gasteiger partial charge is 0.460 e. The molecule has 2 aromatic carbocycles. The van der Waals surface area contributed by atoms with Crippen molar-refractivity contribution in [3.8, 4) is 5.75 Å². The van der Waals surface area contributed by atoms with Crippen LogP contribution in [0, 0.1) is 0 Å².